The summed E-state index contributed by atoms with van der Waals surface area (Å²) in [5.74, 6) is -12.3. The molecule has 0 spiro atoms. The SMILES string of the molecule is Cc1ccc(-c2noc(-c3c(F)c(F)c(O)c(F)c3F)n2)cc1NCc1ccc(F)c(C(F)(F)F)c1. The van der Waals surface area contributed by atoms with Crippen LogP contribution in [0.25, 0.3) is 22.8 Å². The lowest BCUT2D eigenvalue weighted by Gasteiger charge is -2.13. The van der Waals surface area contributed by atoms with Crippen LogP contribution >= 0.6 is 0 Å². The van der Waals surface area contributed by atoms with Gasteiger partial charge in [-0.15, -0.1) is 0 Å². The van der Waals surface area contributed by atoms with E-state index in [4.69, 9.17) is 9.63 Å². The monoisotopic (exact) mass is 515 g/mol. The highest BCUT2D eigenvalue weighted by atomic mass is 19.4. The molecule has 0 bridgehead atoms. The molecule has 3 aromatic carbocycles. The number of phenolic OH excluding ortho intramolecular Hbond substituents is 1. The molecule has 1 aromatic heterocycles. The van der Waals surface area contributed by atoms with Gasteiger partial charge in [0.05, 0.1) is 5.56 Å². The minimum Gasteiger partial charge on any atom is -0.503 e. The van der Waals surface area contributed by atoms with Crippen molar-refractivity contribution in [2.45, 2.75) is 19.6 Å². The average Bonchev–Trinajstić information content (AvgIpc) is 3.31. The van der Waals surface area contributed by atoms with Crippen LogP contribution in [0.15, 0.2) is 40.9 Å². The molecular weight excluding hydrogens is 502 g/mol. The lowest BCUT2D eigenvalue weighted by molar-refractivity contribution is -0.140. The summed E-state index contributed by atoms with van der Waals surface area (Å²) in [6, 6.07) is 7.06. The third-order valence-corrected chi connectivity index (χ3v) is 5.20. The summed E-state index contributed by atoms with van der Waals surface area (Å²) in [6.07, 6.45) is -4.87. The lowest BCUT2D eigenvalue weighted by atomic mass is 10.1. The van der Waals surface area contributed by atoms with Crippen LogP contribution in [-0.4, -0.2) is 15.2 Å². The van der Waals surface area contributed by atoms with E-state index in [-0.39, 0.29) is 23.5 Å². The van der Waals surface area contributed by atoms with Crippen molar-refractivity contribution in [3.63, 3.8) is 0 Å². The van der Waals surface area contributed by atoms with Crippen molar-refractivity contribution in [2.24, 2.45) is 0 Å². The summed E-state index contributed by atoms with van der Waals surface area (Å²) >= 11 is 0. The number of phenols is 1. The number of nitrogens with zero attached hydrogens (tertiary/aromatic N) is 2. The molecular formula is C23H13F8N3O2. The first-order chi connectivity index (χ1) is 16.9. The van der Waals surface area contributed by atoms with Crippen LogP contribution in [-0.2, 0) is 12.7 Å². The molecule has 0 saturated heterocycles. The molecule has 5 nitrogen and oxygen atoms in total. The third-order valence-electron chi connectivity index (χ3n) is 5.20. The summed E-state index contributed by atoms with van der Waals surface area (Å²) in [5, 5.41) is 15.5. The fourth-order valence-electron chi connectivity index (χ4n) is 3.30. The predicted octanol–water partition coefficient (Wildman–Crippen LogP) is 6.74. The minimum absolute atomic E-state index is 0.117. The topological polar surface area (TPSA) is 71.2 Å². The molecule has 0 radical (unpaired) electrons. The Balaban J connectivity index is 1.62. The second-order valence-corrected chi connectivity index (χ2v) is 7.60. The number of aromatic hydroxyl groups is 1. The molecule has 0 amide bonds. The standard InChI is InChI=1S/C23H13F8N3O2/c1-9-2-4-11(7-14(9)32-8-10-3-5-13(24)12(6-10)23(29,30)31)21-33-22(36-34-21)15-16(25)18(27)20(35)19(28)17(15)26/h2-7,32,35H,8H2,1H3. The van der Waals surface area contributed by atoms with Crippen LogP contribution < -0.4 is 5.32 Å². The minimum atomic E-state index is -4.87. The van der Waals surface area contributed by atoms with E-state index in [1.54, 1.807) is 13.0 Å². The van der Waals surface area contributed by atoms with Crippen LogP contribution in [0.1, 0.15) is 16.7 Å². The van der Waals surface area contributed by atoms with Crippen molar-refractivity contribution in [1.82, 2.24) is 10.1 Å². The van der Waals surface area contributed by atoms with Gasteiger partial charge in [0.25, 0.3) is 5.89 Å². The van der Waals surface area contributed by atoms with Gasteiger partial charge in [0, 0.05) is 17.8 Å². The molecule has 0 saturated carbocycles. The van der Waals surface area contributed by atoms with Crippen molar-refractivity contribution in [3.8, 4) is 28.6 Å². The number of halogens is 8. The van der Waals surface area contributed by atoms with Gasteiger partial charge in [-0.1, -0.05) is 23.4 Å². The van der Waals surface area contributed by atoms with Crippen molar-refractivity contribution in [2.75, 3.05) is 5.32 Å². The Morgan fingerprint density at radius 1 is 0.917 bits per heavy atom. The maximum Gasteiger partial charge on any atom is 0.419 e. The number of hydrogen-bond acceptors (Lipinski definition) is 5. The van der Waals surface area contributed by atoms with Crippen molar-refractivity contribution in [1.29, 1.82) is 0 Å². The fraction of sp³-hybridized carbons (Fsp3) is 0.130. The molecule has 1 heterocycles. The van der Waals surface area contributed by atoms with E-state index in [2.05, 4.69) is 15.5 Å². The van der Waals surface area contributed by atoms with Crippen molar-refractivity contribution < 1.29 is 44.8 Å². The van der Waals surface area contributed by atoms with Gasteiger partial charge >= 0.3 is 6.18 Å². The third kappa shape index (κ3) is 4.55. The second kappa shape index (κ2) is 9.13. The molecule has 4 rings (SSSR count). The smallest absolute Gasteiger partial charge is 0.419 e. The summed E-state index contributed by atoms with van der Waals surface area (Å²) in [5.41, 5.74) is -1.33. The number of rotatable bonds is 5. The highest BCUT2D eigenvalue weighted by molar-refractivity contribution is 5.67. The van der Waals surface area contributed by atoms with E-state index in [0.717, 1.165) is 0 Å². The number of aryl methyl sites for hydroxylation is 1. The molecule has 0 aliphatic heterocycles. The van der Waals surface area contributed by atoms with E-state index in [1.807, 2.05) is 0 Å². The van der Waals surface area contributed by atoms with Gasteiger partial charge in [0.1, 0.15) is 11.4 Å². The quantitative estimate of drug-likeness (QED) is 0.228. The molecule has 2 N–H and O–H groups in total. The zero-order chi connectivity index (χ0) is 26.4. The Morgan fingerprint density at radius 3 is 2.22 bits per heavy atom. The zero-order valence-electron chi connectivity index (χ0n) is 17.9. The Kier molecular flexibility index (Phi) is 6.33. The van der Waals surface area contributed by atoms with Crippen LogP contribution in [0.3, 0.4) is 0 Å². The molecule has 4 aromatic rings. The van der Waals surface area contributed by atoms with Crippen LogP contribution in [0, 0.1) is 36.0 Å². The number of anilines is 1. The van der Waals surface area contributed by atoms with E-state index < -0.39 is 58.0 Å². The van der Waals surface area contributed by atoms with Gasteiger partial charge in [-0.05, 0) is 36.2 Å². The summed E-state index contributed by atoms with van der Waals surface area (Å²) < 4.78 is 113. The molecule has 0 unspecified atom stereocenters. The molecule has 188 valence electrons. The van der Waals surface area contributed by atoms with Crippen molar-refractivity contribution >= 4 is 5.69 Å². The number of alkyl halides is 3. The van der Waals surface area contributed by atoms with Gasteiger partial charge in [0.2, 0.25) is 17.5 Å². The fourth-order valence-corrected chi connectivity index (χ4v) is 3.30. The van der Waals surface area contributed by atoms with Gasteiger partial charge in [-0.25, -0.2) is 13.2 Å². The van der Waals surface area contributed by atoms with E-state index >= 15 is 0 Å². The first kappa shape index (κ1) is 24.9. The maximum atomic E-state index is 14.1. The van der Waals surface area contributed by atoms with Gasteiger partial charge in [-0.3, -0.25) is 0 Å². The van der Waals surface area contributed by atoms with Crippen LogP contribution in [0.4, 0.5) is 40.8 Å². The van der Waals surface area contributed by atoms with E-state index in [1.165, 1.54) is 18.2 Å². The largest absolute Gasteiger partial charge is 0.503 e. The normalized spacial score (nSPS) is 11.7. The van der Waals surface area contributed by atoms with E-state index in [0.29, 0.717) is 23.4 Å². The van der Waals surface area contributed by atoms with E-state index in [9.17, 15) is 35.1 Å². The Morgan fingerprint density at radius 2 is 1.58 bits per heavy atom. The highest BCUT2D eigenvalue weighted by Gasteiger charge is 2.34. The van der Waals surface area contributed by atoms with Crippen LogP contribution in [0.5, 0.6) is 5.75 Å². The molecule has 13 heteroatoms. The van der Waals surface area contributed by atoms with Gasteiger partial charge in [-0.2, -0.15) is 26.9 Å². The Hall–Kier alpha value is -4.16. The lowest BCUT2D eigenvalue weighted by Crippen LogP contribution is -2.10. The average molecular weight is 515 g/mol. The van der Waals surface area contributed by atoms with Crippen LogP contribution in [0.2, 0.25) is 0 Å². The first-order valence-electron chi connectivity index (χ1n) is 9.98. The summed E-state index contributed by atoms with van der Waals surface area (Å²) in [4.78, 5) is 3.75. The molecule has 0 aliphatic rings. The Bertz CT molecular complexity index is 1440. The first-order valence-corrected chi connectivity index (χ1v) is 9.98. The van der Waals surface area contributed by atoms with Gasteiger partial charge < -0.3 is 14.9 Å². The molecule has 36 heavy (non-hydrogen) atoms. The number of benzene rings is 3. The summed E-state index contributed by atoms with van der Waals surface area (Å²) in [7, 11) is 0. The Labute approximate surface area is 197 Å². The second-order valence-electron chi connectivity index (χ2n) is 7.60. The molecule has 0 fully saturated rings. The maximum absolute atomic E-state index is 14.1. The zero-order valence-corrected chi connectivity index (χ0v) is 17.9. The number of nitrogens with one attached hydrogen (secondary N) is 1. The predicted molar refractivity (Wildman–Crippen MR) is 110 cm³/mol. The highest BCUT2D eigenvalue weighted by Crippen LogP contribution is 2.36. The molecule has 0 atom stereocenters. The number of aromatic nitrogens is 2. The summed E-state index contributed by atoms with van der Waals surface area (Å²) in [6.45, 7) is 1.56. The number of hydrogen-bond donors (Lipinski definition) is 2. The van der Waals surface area contributed by atoms with Crippen molar-refractivity contribution in [3.05, 3.63) is 82.2 Å². The molecule has 0 aliphatic carbocycles. The van der Waals surface area contributed by atoms with Gasteiger partial charge in [0.15, 0.2) is 17.4 Å².